The van der Waals surface area contributed by atoms with Gasteiger partial charge in [0.15, 0.2) is 14.8 Å². The molecule has 0 unspecified atom stereocenters. The number of ketones is 1. The van der Waals surface area contributed by atoms with E-state index >= 15 is 0 Å². The number of nitrogens with one attached hydrogen (secondary N) is 1. The quantitative estimate of drug-likeness (QED) is 0.488. The number of Topliss-reactive ketones (excluding diaryl/α,β-unsaturated/α-hetero) is 1. The third-order valence-electron chi connectivity index (χ3n) is 4.49. The number of fused-ring (bicyclic) bond motifs is 1. The van der Waals surface area contributed by atoms with Crippen LogP contribution in [0.2, 0.25) is 0 Å². The fourth-order valence-corrected chi connectivity index (χ4v) is 5.36. The number of carbonyl (C=O) groups is 2. The SMILES string of the molecule is CC[C@H](NC(=O)[C@@H](O)CS(=O)(=O)Cc1ccccc1)C(=O)c1nc2ccccc2s1. The molecule has 0 aliphatic rings. The maximum absolute atomic E-state index is 12.8. The number of aliphatic hydroxyl groups excluding tert-OH is 1. The van der Waals surface area contributed by atoms with E-state index in [0.717, 1.165) is 4.70 Å². The molecule has 0 fully saturated rings. The Kier molecular flexibility index (Phi) is 6.96. The van der Waals surface area contributed by atoms with Gasteiger partial charge >= 0.3 is 0 Å². The van der Waals surface area contributed by atoms with Crippen molar-refractivity contribution in [2.24, 2.45) is 0 Å². The summed E-state index contributed by atoms with van der Waals surface area (Å²) in [6.07, 6.45) is -1.49. The summed E-state index contributed by atoms with van der Waals surface area (Å²) in [6, 6.07) is 14.9. The highest BCUT2D eigenvalue weighted by Gasteiger charge is 2.29. The van der Waals surface area contributed by atoms with Gasteiger partial charge in [-0.1, -0.05) is 49.4 Å². The number of aliphatic hydroxyl groups is 1. The highest BCUT2D eigenvalue weighted by Crippen LogP contribution is 2.23. The Morgan fingerprint density at radius 3 is 2.43 bits per heavy atom. The summed E-state index contributed by atoms with van der Waals surface area (Å²) in [5.41, 5.74) is 1.27. The second-order valence-electron chi connectivity index (χ2n) is 6.88. The van der Waals surface area contributed by atoms with E-state index in [0.29, 0.717) is 11.1 Å². The molecule has 7 nitrogen and oxygen atoms in total. The van der Waals surface area contributed by atoms with Crippen LogP contribution < -0.4 is 5.32 Å². The summed E-state index contributed by atoms with van der Waals surface area (Å²) in [7, 11) is -3.72. The van der Waals surface area contributed by atoms with Crippen LogP contribution in [0, 0.1) is 0 Å². The Bertz CT molecular complexity index is 1110. The van der Waals surface area contributed by atoms with Gasteiger partial charge in [0.2, 0.25) is 11.7 Å². The Morgan fingerprint density at radius 2 is 1.77 bits per heavy atom. The van der Waals surface area contributed by atoms with E-state index in [4.69, 9.17) is 0 Å². The van der Waals surface area contributed by atoms with Crippen LogP contribution in [0.25, 0.3) is 10.2 Å². The number of hydrogen-bond donors (Lipinski definition) is 2. The number of aromatic nitrogens is 1. The van der Waals surface area contributed by atoms with Crippen molar-refractivity contribution in [1.29, 1.82) is 0 Å². The van der Waals surface area contributed by atoms with Crippen molar-refractivity contribution < 1.29 is 23.1 Å². The molecule has 0 spiro atoms. The maximum atomic E-state index is 12.8. The molecule has 0 saturated heterocycles. The van der Waals surface area contributed by atoms with Crippen LogP contribution in [-0.4, -0.2) is 48.1 Å². The number of benzene rings is 2. The van der Waals surface area contributed by atoms with Crippen molar-refractivity contribution in [3.8, 4) is 0 Å². The number of carbonyl (C=O) groups excluding carboxylic acids is 2. The van der Waals surface area contributed by atoms with Gasteiger partial charge in [0, 0.05) is 0 Å². The minimum Gasteiger partial charge on any atom is -0.382 e. The molecule has 1 amide bonds. The molecule has 0 saturated carbocycles. The molecule has 0 bridgehead atoms. The molecule has 2 atom stereocenters. The minimum absolute atomic E-state index is 0.259. The molecule has 1 heterocycles. The van der Waals surface area contributed by atoms with E-state index in [-0.39, 0.29) is 23.0 Å². The van der Waals surface area contributed by atoms with Gasteiger partial charge in [0.05, 0.1) is 27.8 Å². The molecule has 0 aliphatic heterocycles. The van der Waals surface area contributed by atoms with Gasteiger partial charge in [-0.3, -0.25) is 9.59 Å². The zero-order valence-corrected chi connectivity index (χ0v) is 17.9. The van der Waals surface area contributed by atoms with Crippen molar-refractivity contribution in [2.75, 3.05) is 5.75 Å². The molecule has 0 aliphatic carbocycles. The maximum Gasteiger partial charge on any atom is 0.250 e. The molecule has 0 radical (unpaired) electrons. The molecule has 1 aromatic heterocycles. The Morgan fingerprint density at radius 1 is 1.10 bits per heavy atom. The zero-order chi connectivity index (χ0) is 21.7. The first-order chi connectivity index (χ1) is 14.3. The Balaban J connectivity index is 1.64. The largest absolute Gasteiger partial charge is 0.382 e. The molecular formula is C21H22N2O5S2. The summed E-state index contributed by atoms with van der Waals surface area (Å²) in [4.78, 5) is 29.4. The third-order valence-corrected chi connectivity index (χ3v) is 7.14. The van der Waals surface area contributed by atoms with Crippen molar-refractivity contribution >= 4 is 43.1 Å². The van der Waals surface area contributed by atoms with Crippen molar-refractivity contribution in [1.82, 2.24) is 10.3 Å². The highest BCUT2D eigenvalue weighted by molar-refractivity contribution is 7.90. The van der Waals surface area contributed by atoms with Gasteiger partial charge in [-0.05, 0) is 24.1 Å². The van der Waals surface area contributed by atoms with Gasteiger partial charge in [-0.2, -0.15) is 0 Å². The second kappa shape index (κ2) is 9.46. The summed E-state index contributed by atoms with van der Waals surface area (Å²) >= 11 is 1.23. The van der Waals surface area contributed by atoms with Crippen LogP contribution in [0.5, 0.6) is 0 Å². The van der Waals surface area contributed by atoms with E-state index in [1.54, 1.807) is 43.3 Å². The van der Waals surface area contributed by atoms with Crippen LogP contribution >= 0.6 is 11.3 Å². The van der Waals surface area contributed by atoms with Crippen LogP contribution in [0.15, 0.2) is 54.6 Å². The van der Waals surface area contributed by atoms with E-state index in [9.17, 15) is 23.1 Å². The Labute approximate surface area is 178 Å². The molecule has 3 rings (SSSR count). The van der Waals surface area contributed by atoms with Gasteiger partial charge in [-0.15, -0.1) is 11.3 Å². The normalized spacial score (nSPS) is 13.7. The monoisotopic (exact) mass is 446 g/mol. The second-order valence-corrected chi connectivity index (χ2v) is 10.0. The number of nitrogens with zero attached hydrogens (tertiary/aromatic N) is 1. The van der Waals surface area contributed by atoms with Crippen molar-refractivity contribution in [3.05, 3.63) is 65.2 Å². The number of thiazole rings is 1. The van der Waals surface area contributed by atoms with Crippen LogP contribution in [-0.2, 0) is 20.4 Å². The number of hydrogen-bond acceptors (Lipinski definition) is 7. The summed E-state index contributed by atoms with van der Waals surface area (Å²) < 4.78 is 25.5. The van der Waals surface area contributed by atoms with E-state index in [2.05, 4.69) is 10.3 Å². The predicted octanol–water partition coefficient (Wildman–Crippen LogP) is 2.35. The first-order valence-electron chi connectivity index (χ1n) is 9.41. The number of rotatable bonds is 9. The van der Waals surface area contributed by atoms with Gasteiger partial charge in [0.25, 0.3) is 0 Å². The van der Waals surface area contributed by atoms with Crippen LogP contribution in [0.4, 0.5) is 0 Å². The van der Waals surface area contributed by atoms with Crippen molar-refractivity contribution in [2.45, 2.75) is 31.2 Å². The number of para-hydroxylation sites is 1. The molecule has 2 aromatic carbocycles. The smallest absolute Gasteiger partial charge is 0.250 e. The summed E-state index contributed by atoms with van der Waals surface area (Å²) in [6.45, 7) is 1.72. The zero-order valence-electron chi connectivity index (χ0n) is 16.3. The average Bonchev–Trinajstić information content (AvgIpc) is 3.15. The third kappa shape index (κ3) is 5.50. The molecule has 158 valence electrons. The standard InChI is InChI=1S/C21H22N2O5S2/c1-2-15(19(25)21-23-16-10-6-7-11-18(16)29-21)22-20(26)17(24)13-30(27,28)12-14-8-4-3-5-9-14/h3-11,15,17,24H,2,12-13H2,1H3,(H,22,26)/t15-,17-/m0/s1. The lowest BCUT2D eigenvalue weighted by atomic mass is 10.1. The first kappa shape index (κ1) is 22.1. The van der Waals surface area contributed by atoms with Crippen molar-refractivity contribution in [3.63, 3.8) is 0 Å². The van der Waals surface area contributed by atoms with Gasteiger partial charge in [-0.25, -0.2) is 13.4 Å². The van der Waals surface area contributed by atoms with E-state index < -0.39 is 33.6 Å². The molecular weight excluding hydrogens is 424 g/mol. The first-order valence-corrected chi connectivity index (χ1v) is 12.1. The lowest BCUT2D eigenvalue weighted by molar-refractivity contribution is -0.128. The topological polar surface area (TPSA) is 113 Å². The fourth-order valence-electron chi connectivity index (χ4n) is 2.95. The lowest BCUT2D eigenvalue weighted by Crippen LogP contribution is -2.47. The van der Waals surface area contributed by atoms with Crippen LogP contribution in [0.1, 0.15) is 28.7 Å². The molecule has 3 aromatic rings. The summed E-state index contributed by atoms with van der Waals surface area (Å²) in [5.74, 6) is -2.26. The molecule has 9 heteroatoms. The highest BCUT2D eigenvalue weighted by atomic mass is 32.2. The van der Waals surface area contributed by atoms with E-state index in [1.807, 2.05) is 18.2 Å². The predicted molar refractivity (Wildman–Crippen MR) is 116 cm³/mol. The Hall–Kier alpha value is -2.62. The number of amides is 1. The van der Waals surface area contributed by atoms with Gasteiger partial charge in [0.1, 0.15) is 6.10 Å². The number of sulfone groups is 1. The van der Waals surface area contributed by atoms with Crippen LogP contribution in [0.3, 0.4) is 0 Å². The van der Waals surface area contributed by atoms with Gasteiger partial charge < -0.3 is 10.4 Å². The molecule has 30 heavy (non-hydrogen) atoms. The summed E-state index contributed by atoms with van der Waals surface area (Å²) in [5, 5.41) is 12.8. The minimum atomic E-state index is -3.72. The lowest BCUT2D eigenvalue weighted by Gasteiger charge is -2.17. The average molecular weight is 447 g/mol. The molecule has 2 N–H and O–H groups in total. The fraction of sp³-hybridized carbons (Fsp3) is 0.286. The van der Waals surface area contributed by atoms with E-state index in [1.165, 1.54) is 11.3 Å².